The van der Waals surface area contributed by atoms with Crippen LogP contribution in [0.5, 0.6) is 0 Å². The summed E-state index contributed by atoms with van der Waals surface area (Å²) in [5, 5.41) is 3.45. The van der Waals surface area contributed by atoms with E-state index < -0.39 is 0 Å². The van der Waals surface area contributed by atoms with Gasteiger partial charge >= 0.3 is 0 Å². The Morgan fingerprint density at radius 1 is 1.35 bits per heavy atom. The largest absolute Gasteiger partial charge is 0.469 e. The molecule has 0 atom stereocenters. The van der Waals surface area contributed by atoms with Gasteiger partial charge in [-0.25, -0.2) is 0 Å². The monoisotopic (exact) mass is 232 g/mol. The van der Waals surface area contributed by atoms with E-state index in [9.17, 15) is 0 Å². The highest BCUT2D eigenvalue weighted by molar-refractivity contribution is 5.26. The van der Waals surface area contributed by atoms with Crippen molar-refractivity contribution in [3.63, 3.8) is 0 Å². The molecule has 0 aliphatic heterocycles. The second-order valence-electron chi connectivity index (χ2n) is 4.46. The third-order valence-electron chi connectivity index (χ3n) is 3.32. The van der Waals surface area contributed by atoms with Crippen molar-refractivity contribution in [3.8, 4) is 0 Å². The highest BCUT2D eigenvalue weighted by atomic mass is 16.3. The molecule has 0 bridgehead atoms. The molecule has 3 nitrogen and oxygen atoms in total. The quantitative estimate of drug-likeness (QED) is 0.803. The lowest BCUT2D eigenvalue weighted by molar-refractivity contribution is 0.498. The van der Waals surface area contributed by atoms with Crippen molar-refractivity contribution in [2.45, 2.75) is 26.8 Å². The smallest absolute Gasteiger partial charge is 0.105 e. The predicted molar refractivity (Wildman–Crippen MR) is 69.0 cm³/mol. The SMILES string of the molecule is Cc1cc(CNCCc2ccco2)c(C)n1C. The van der Waals surface area contributed by atoms with Crippen molar-refractivity contribution in [2.24, 2.45) is 7.05 Å². The summed E-state index contributed by atoms with van der Waals surface area (Å²) in [5.41, 5.74) is 4.03. The number of aromatic nitrogens is 1. The van der Waals surface area contributed by atoms with Crippen LogP contribution in [-0.2, 0) is 20.0 Å². The summed E-state index contributed by atoms with van der Waals surface area (Å²) in [4.78, 5) is 0. The summed E-state index contributed by atoms with van der Waals surface area (Å²) in [6.07, 6.45) is 2.66. The fourth-order valence-electron chi connectivity index (χ4n) is 2.00. The van der Waals surface area contributed by atoms with Crippen molar-refractivity contribution in [1.82, 2.24) is 9.88 Å². The molecule has 0 saturated heterocycles. The fourth-order valence-corrected chi connectivity index (χ4v) is 2.00. The third-order valence-corrected chi connectivity index (χ3v) is 3.32. The van der Waals surface area contributed by atoms with Crippen LogP contribution < -0.4 is 5.32 Å². The van der Waals surface area contributed by atoms with Crippen molar-refractivity contribution < 1.29 is 4.42 Å². The normalized spacial score (nSPS) is 11.0. The van der Waals surface area contributed by atoms with Gasteiger partial charge in [0.2, 0.25) is 0 Å². The zero-order valence-electron chi connectivity index (χ0n) is 10.8. The Bertz CT molecular complexity index is 469. The van der Waals surface area contributed by atoms with Crippen LogP contribution in [0.4, 0.5) is 0 Å². The van der Waals surface area contributed by atoms with Crippen LogP contribution in [0, 0.1) is 13.8 Å². The third kappa shape index (κ3) is 2.80. The van der Waals surface area contributed by atoms with Gasteiger partial charge in [-0.1, -0.05) is 0 Å². The number of hydrogen-bond acceptors (Lipinski definition) is 2. The van der Waals surface area contributed by atoms with Gasteiger partial charge in [-0.15, -0.1) is 0 Å². The number of rotatable bonds is 5. The van der Waals surface area contributed by atoms with E-state index in [0.29, 0.717) is 0 Å². The molecule has 0 aliphatic carbocycles. The average molecular weight is 232 g/mol. The Morgan fingerprint density at radius 2 is 2.18 bits per heavy atom. The van der Waals surface area contributed by atoms with Gasteiger partial charge in [-0.3, -0.25) is 0 Å². The van der Waals surface area contributed by atoms with Gasteiger partial charge in [-0.05, 0) is 37.6 Å². The number of nitrogens with zero attached hydrogens (tertiary/aromatic N) is 1. The van der Waals surface area contributed by atoms with Crippen LogP contribution in [0.2, 0.25) is 0 Å². The van der Waals surface area contributed by atoms with E-state index in [1.165, 1.54) is 17.0 Å². The van der Waals surface area contributed by atoms with Gasteiger partial charge in [0.15, 0.2) is 0 Å². The standard InChI is InChI=1S/C14H20N2O/c1-11-9-13(12(2)16(11)3)10-15-7-6-14-5-4-8-17-14/h4-5,8-9,15H,6-7,10H2,1-3H3. The zero-order valence-corrected chi connectivity index (χ0v) is 10.8. The molecule has 0 saturated carbocycles. The van der Waals surface area contributed by atoms with Gasteiger partial charge in [0.1, 0.15) is 5.76 Å². The second kappa shape index (κ2) is 5.23. The molecule has 1 N–H and O–H groups in total. The van der Waals surface area contributed by atoms with Gasteiger partial charge in [0.25, 0.3) is 0 Å². The van der Waals surface area contributed by atoms with Crippen molar-refractivity contribution in [1.29, 1.82) is 0 Å². The van der Waals surface area contributed by atoms with Gasteiger partial charge in [0, 0.05) is 37.9 Å². The maximum Gasteiger partial charge on any atom is 0.105 e. The van der Waals surface area contributed by atoms with Crippen molar-refractivity contribution in [3.05, 3.63) is 47.2 Å². The van der Waals surface area contributed by atoms with E-state index in [2.05, 4.69) is 36.8 Å². The van der Waals surface area contributed by atoms with E-state index in [4.69, 9.17) is 4.42 Å². The molecule has 2 heterocycles. The molecule has 2 rings (SSSR count). The molecule has 0 aliphatic rings. The summed E-state index contributed by atoms with van der Waals surface area (Å²) in [6.45, 7) is 6.17. The van der Waals surface area contributed by atoms with Gasteiger partial charge in [-0.2, -0.15) is 0 Å². The summed E-state index contributed by atoms with van der Waals surface area (Å²) in [5.74, 6) is 1.04. The lowest BCUT2D eigenvalue weighted by atomic mass is 10.2. The van der Waals surface area contributed by atoms with E-state index in [0.717, 1.165) is 25.3 Å². The van der Waals surface area contributed by atoms with E-state index in [1.54, 1.807) is 6.26 Å². The van der Waals surface area contributed by atoms with Crippen LogP contribution >= 0.6 is 0 Å². The molecule has 0 amide bonds. The molecule has 0 spiro atoms. The first kappa shape index (κ1) is 12.0. The minimum atomic E-state index is 0.925. The second-order valence-corrected chi connectivity index (χ2v) is 4.46. The molecule has 0 fully saturated rings. The first-order chi connectivity index (χ1) is 8.18. The first-order valence-electron chi connectivity index (χ1n) is 6.03. The topological polar surface area (TPSA) is 30.1 Å². The first-order valence-corrected chi connectivity index (χ1v) is 6.03. The van der Waals surface area contributed by atoms with Crippen molar-refractivity contribution >= 4 is 0 Å². The molecule has 0 aromatic carbocycles. The van der Waals surface area contributed by atoms with Crippen LogP contribution in [0.1, 0.15) is 22.7 Å². The highest BCUT2D eigenvalue weighted by Crippen LogP contribution is 2.12. The van der Waals surface area contributed by atoms with E-state index in [1.807, 2.05) is 12.1 Å². The maximum atomic E-state index is 5.29. The lowest BCUT2D eigenvalue weighted by Gasteiger charge is -2.04. The minimum absolute atomic E-state index is 0.925. The summed E-state index contributed by atoms with van der Waals surface area (Å²) in [7, 11) is 2.11. The number of furan rings is 1. The molecule has 0 radical (unpaired) electrons. The Balaban J connectivity index is 1.80. The lowest BCUT2D eigenvalue weighted by Crippen LogP contribution is -2.16. The summed E-state index contributed by atoms with van der Waals surface area (Å²) < 4.78 is 7.51. The fraction of sp³-hybridized carbons (Fsp3) is 0.429. The summed E-state index contributed by atoms with van der Waals surface area (Å²) in [6, 6.07) is 6.19. The molecular formula is C14H20N2O. The van der Waals surface area contributed by atoms with Crippen LogP contribution in [0.15, 0.2) is 28.9 Å². The Morgan fingerprint density at radius 3 is 2.76 bits per heavy atom. The molecule has 17 heavy (non-hydrogen) atoms. The van der Waals surface area contributed by atoms with Crippen LogP contribution in [-0.4, -0.2) is 11.1 Å². The van der Waals surface area contributed by atoms with E-state index in [-0.39, 0.29) is 0 Å². The molecule has 2 aromatic heterocycles. The minimum Gasteiger partial charge on any atom is -0.469 e. The van der Waals surface area contributed by atoms with E-state index >= 15 is 0 Å². The summed E-state index contributed by atoms with van der Waals surface area (Å²) >= 11 is 0. The molecular weight excluding hydrogens is 212 g/mol. The zero-order chi connectivity index (χ0) is 12.3. The van der Waals surface area contributed by atoms with Gasteiger partial charge < -0.3 is 14.3 Å². The van der Waals surface area contributed by atoms with Crippen LogP contribution in [0.25, 0.3) is 0 Å². The number of aryl methyl sites for hydroxylation is 1. The highest BCUT2D eigenvalue weighted by Gasteiger charge is 2.05. The molecule has 0 unspecified atom stereocenters. The van der Waals surface area contributed by atoms with Crippen LogP contribution in [0.3, 0.4) is 0 Å². The maximum absolute atomic E-state index is 5.29. The number of hydrogen-bond donors (Lipinski definition) is 1. The number of nitrogens with one attached hydrogen (secondary N) is 1. The molecule has 92 valence electrons. The van der Waals surface area contributed by atoms with Crippen molar-refractivity contribution in [2.75, 3.05) is 6.54 Å². The molecule has 2 aromatic rings. The Kier molecular flexibility index (Phi) is 3.69. The predicted octanol–water partition coefficient (Wildman–Crippen LogP) is 2.57. The average Bonchev–Trinajstić information content (AvgIpc) is 2.90. The van der Waals surface area contributed by atoms with Gasteiger partial charge in [0.05, 0.1) is 6.26 Å². The Hall–Kier alpha value is -1.48. The molecule has 3 heteroatoms. The Labute approximate surface area is 102 Å².